The Morgan fingerprint density at radius 2 is 1.97 bits per heavy atom. The zero-order chi connectivity index (χ0) is 20.8. The highest BCUT2D eigenvalue weighted by molar-refractivity contribution is 7.79. The number of allylic oxidation sites excluding steroid dienone is 1. The summed E-state index contributed by atoms with van der Waals surface area (Å²) in [6, 6.07) is 5.57. The quantitative estimate of drug-likeness (QED) is 0.304. The summed E-state index contributed by atoms with van der Waals surface area (Å²) in [6.07, 6.45) is 5.52. The molecule has 9 heteroatoms. The molecule has 1 amide bonds. The van der Waals surface area contributed by atoms with Crippen molar-refractivity contribution in [1.82, 2.24) is 4.90 Å². The largest absolute Gasteiger partial charge is 0.772 e. The lowest BCUT2D eigenvalue weighted by Crippen LogP contribution is -2.39. The molecule has 1 saturated heterocycles. The van der Waals surface area contributed by atoms with Crippen molar-refractivity contribution in [2.24, 2.45) is 0 Å². The molecule has 29 heavy (non-hydrogen) atoms. The number of nitrogens with one attached hydrogen (secondary N) is 2. The van der Waals surface area contributed by atoms with Crippen molar-refractivity contribution in [3.63, 3.8) is 0 Å². The van der Waals surface area contributed by atoms with E-state index in [4.69, 9.17) is 10.1 Å². The number of likely N-dealkylation sites (tertiary alicyclic amines) is 1. The third-order valence-corrected chi connectivity index (χ3v) is 6.32. The molecule has 1 atom stereocenters. The number of carbonyl (C=O) groups is 1. The first kappa shape index (κ1) is 21.4. The summed E-state index contributed by atoms with van der Waals surface area (Å²) >= 11 is -2.13. The molecule has 2 fully saturated rings. The van der Waals surface area contributed by atoms with Gasteiger partial charge in [-0.25, -0.2) is 4.39 Å². The van der Waals surface area contributed by atoms with Gasteiger partial charge >= 0.3 is 0 Å². The van der Waals surface area contributed by atoms with Crippen LogP contribution in [0.1, 0.15) is 38.5 Å². The third kappa shape index (κ3) is 5.63. The molecule has 1 aliphatic heterocycles. The molecule has 1 heterocycles. The van der Waals surface area contributed by atoms with Crippen LogP contribution in [0.3, 0.4) is 0 Å². The van der Waals surface area contributed by atoms with Crippen molar-refractivity contribution < 1.29 is 22.7 Å². The van der Waals surface area contributed by atoms with E-state index in [1.54, 1.807) is 6.07 Å². The maximum Gasteiger partial charge on any atom is 0.293 e. The Balaban J connectivity index is 1.84. The van der Waals surface area contributed by atoms with Crippen LogP contribution >= 0.6 is 0 Å². The zero-order valence-electron chi connectivity index (χ0n) is 16.1. The number of amides is 1. The minimum atomic E-state index is -2.13. The standard InChI is InChI=1S/C20H26FN3O4S/c21-14-4-3-5-15(12-14)23-20(25)19(28-16-6-1-2-7-16)18(13-22)24-10-8-17(9-11-24)29(26)27/h3-5,12-13,16-17,22H,1-2,6-11H2,(H,23,25)(H,26,27)/p-1/b19-18-,22-13?. The van der Waals surface area contributed by atoms with Gasteiger partial charge in [-0.05, 0) is 56.7 Å². The van der Waals surface area contributed by atoms with E-state index in [1.165, 1.54) is 18.2 Å². The number of piperidine rings is 1. The Morgan fingerprint density at radius 3 is 2.55 bits per heavy atom. The van der Waals surface area contributed by atoms with Crippen LogP contribution in [0.4, 0.5) is 10.1 Å². The highest BCUT2D eigenvalue weighted by Gasteiger charge is 2.28. The molecule has 1 saturated carbocycles. The second-order valence-electron chi connectivity index (χ2n) is 7.29. The molecule has 0 bridgehead atoms. The molecule has 0 aromatic heterocycles. The van der Waals surface area contributed by atoms with Gasteiger partial charge in [0.05, 0.1) is 6.10 Å². The molecule has 1 aromatic rings. The maximum atomic E-state index is 13.5. The molecule has 1 aromatic carbocycles. The van der Waals surface area contributed by atoms with Gasteiger partial charge in [0.2, 0.25) is 5.76 Å². The van der Waals surface area contributed by atoms with Gasteiger partial charge < -0.3 is 24.9 Å². The van der Waals surface area contributed by atoms with Crippen molar-refractivity contribution in [3.05, 3.63) is 41.5 Å². The predicted molar refractivity (Wildman–Crippen MR) is 108 cm³/mol. The second-order valence-corrected chi connectivity index (χ2v) is 8.48. The summed E-state index contributed by atoms with van der Waals surface area (Å²) in [4.78, 5) is 14.8. The van der Waals surface area contributed by atoms with E-state index in [9.17, 15) is 17.9 Å². The van der Waals surface area contributed by atoms with Crippen LogP contribution in [0.25, 0.3) is 0 Å². The monoisotopic (exact) mass is 422 g/mol. The van der Waals surface area contributed by atoms with Crippen molar-refractivity contribution in [2.45, 2.75) is 49.9 Å². The molecule has 0 radical (unpaired) electrons. The Kier molecular flexibility index (Phi) is 7.38. The number of ether oxygens (including phenoxy) is 1. The normalized spacial score (nSPS) is 20.1. The topological polar surface area (TPSA) is 106 Å². The van der Waals surface area contributed by atoms with E-state index in [0.29, 0.717) is 37.3 Å². The fraction of sp³-hybridized carbons (Fsp3) is 0.500. The number of rotatable bonds is 7. The van der Waals surface area contributed by atoms with Gasteiger partial charge in [0.25, 0.3) is 5.91 Å². The van der Waals surface area contributed by atoms with E-state index in [0.717, 1.165) is 31.9 Å². The molecule has 158 valence electrons. The molecule has 7 nitrogen and oxygen atoms in total. The maximum absolute atomic E-state index is 13.5. The summed E-state index contributed by atoms with van der Waals surface area (Å²) in [5.41, 5.74) is 0.619. The lowest BCUT2D eigenvalue weighted by atomic mass is 10.1. The molecule has 2 aliphatic rings. The zero-order valence-corrected chi connectivity index (χ0v) is 16.9. The molecule has 1 aliphatic carbocycles. The van der Waals surface area contributed by atoms with Gasteiger partial charge in [-0.2, -0.15) is 0 Å². The summed E-state index contributed by atoms with van der Waals surface area (Å²) in [6.45, 7) is 0.822. The summed E-state index contributed by atoms with van der Waals surface area (Å²) < 4.78 is 41.9. The molecule has 1 unspecified atom stereocenters. The number of anilines is 1. The van der Waals surface area contributed by atoms with Crippen LogP contribution in [0, 0.1) is 11.2 Å². The highest BCUT2D eigenvalue weighted by Crippen LogP contribution is 2.27. The minimum Gasteiger partial charge on any atom is -0.772 e. The van der Waals surface area contributed by atoms with Gasteiger partial charge in [-0.3, -0.25) is 9.00 Å². The van der Waals surface area contributed by atoms with Crippen molar-refractivity contribution in [3.8, 4) is 0 Å². The van der Waals surface area contributed by atoms with Gasteiger partial charge in [0, 0.05) is 30.2 Å². The molecule has 2 N–H and O–H groups in total. The number of hydrogen-bond donors (Lipinski definition) is 2. The third-order valence-electron chi connectivity index (χ3n) is 5.30. The number of nitrogens with zero attached hydrogens (tertiary/aromatic N) is 1. The smallest absolute Gasteiger partial charge is 0.293 e. The predicted octanol–water partition coefficient (Wildman–Crippen LogP) is 2.93. The fourth-order valence-electron chi connectivity index (χ4n) is 3.75. The summed E-state index contributed by atoms with van der Waals surface area (Å²) in [5, 5.41) is 10.1. The van der Waals surface area contributed by atoms with Gasteiger partial charge in [0.1, 0.15) is 11.5 Å². The minimum absolute atomic E-state index is 0.0258. The number of hydrogen-bond acceptors (Lipinski definition) is 6. The van der Waals surface area contributed by atoms with Gasteiger partial charge in [0.15, 0.2) is 0 Å². The Morgan fingerprint density at radius 1 is 1.28 bits per heavy atom. The van der Waals surface area contributed by atoms with Crippen LogP contribution in [0.5, 0.6) is 0 Å². The van der Waals surface area contributed by atoms with E-state index in [1.807, 2.05) is 4.90 Å². The average molecular weight is 423 g/mol. The first-order valence-electron chi connectivity index (χ1n) is 9.79. The van der Waals surface area contributed by atoms with Crippen molar-refractivity contribution in [2.75, 3.05) is 18.4 Å². The fourth-order valence-corrected chi connectivity index (χ4v) is 4.34. The Labute approximate surface area is 172 Å². The molecule has 3 rings (SSSR count). The Bertz CT molecular complexity index is 803. The second kappa shape index (κ2) is 9.98. The number of carbonyl (C=O) groups excluding carboxylic acids is 1. The van der Waals surface area contributed by atoms with Gasteiger partial charge in [-0.1, -0.05) is 17.1 Å². The van der Waals surface area contributed by atoms with E-state index < -0.39 is 28.1 Å². The molecular formula is C20H25FN3O4S-. The van der Waals surface area contributed by atoms with E-state index in [2.05, 4.69) is 5.32 Å². The number of halogens is 1. The van der Waals surface area contributed by atoms with Crippen LogP contribution < -0.4 is 5.32 Å². The number of benzene rings is 1. The van der Waals surface area contributed by atoms with Crippen molar-refractivity contribution >= 4 is 28.9 Å². The lowest BCUT2D eigenvalue weighted by molar-refractivity contribution is -0.117. The summed E-state index contributed by atoms with van der Waals surface area (Å²) in [5.74, 6) is -0.988. The van der Waals surface area contributed by atoms with E-state index >= 15 is 0 Å². The first-order chi connectivity index (χ1) is 14.0. The van der Waals surface area contributed by atoms with Crippen LogP contribution in [0.15, 0.2) is 35.7 Å². The SMILES string of the molecule is N=C/C(=C(/OC1CCCC1)C(=O)Nc1cccc(F)c1)N1CCC(S(=O)[O-])CC1. The van der Waals surface area contributed by atoms with E-state index in [-0.39, 0.29) is 11.9 Å². The Hall–Kier alpha value is -2.26. The van der Waals surface area contributed by atoms with Crippen LogP contribution in [-0.4, -0.2) is 50.2 Å². The van der Waals surface area contributed by atoms with Gasteiger partial charge in [-0.15, -0.1) is 0 Å². The first-order valence-corrected chi connectivity index (χ1v) is 10.9. The van der Waals surface area contributed by atoms with Crippen LogP contribution in [0.2, 0.25) is 0 Å². The molecular weight excluding hydrogens is 397 g/mol. The van der Waals surface area contributed by atoms with Crippen molar-refractivity contribution in [1.29, 1.82) is 5.41 Å². The average Bonchev–Trinajstić information content (AvgIpc) is 3.21. The summed E-state index contributed by atoms with van der Waals surface area (Å²) in [7, 11) is 0. The lowest BCUT2D eigenvalue weighted by Gasteiger charge is -2.35. The van der Waals surface area contributed by atoms with Crippen LogP contribution in [-0.2, 0) is 20.6 Å². The molecule has 0 spiro atoms. The highest BCUT2D eigenvalue weighted by atomic mass is 32.2.